The molecule has 2 aliphatic heterocycles. The zero-order valence-electron chi connectivity index (χ0n) is 20.3. The molecular formula is C26H34N8O. The number of urea groups is 1. The Balaban J connectivity index is 0.736. The molecule has 0 radical (unpaired) electrons. The predicted molar refractivity (Wildman–Crippen MR) is 126 cm³/mol. The van der Waals surface area contributed by atoms with Crippen molar-refractivity contribution in [2.75, 3.05) is 26.2 Å². The lowest BCUT2D eigenvalue weighted by Crippen LogP contribution is -2.73. The van der Waals surface area contributed by atoms with Crippen molar-refractivity contribution in [1.82, 2.24) is 39.7 Å². The van der Waals surface area contributed by atoms with Gasteiger partial charge in [-0.1, -0.05) is 0 Å². The van der Waals surface area contributed by atoms with Crippen LogP contribution in [0.2, 0.25) is 0 Å². The van der Waals surface area contributed by atoms with Crippen molar-refractivity contribution >= 4 is 6.03 Å². The van der Waals surface area contributed by atoms with Gasteiger partial charge in [-0.05, 0) is 74.5 Å². The van der Waals surface area contributed by atoms with E-state index < -0.39 is 0 Å². The maximum atomic E-state index is 13.0. The third kappa shape index (κ3) is 2.84. The van der Waals surface area contributed by atoms with Crippen molar-refractivity contribution in [2.24, 2.45) is 22.2 Å². The van der Waals surface area contributed by atoms with Crippen LogP contribution in [-0.4, -0.2) is 72.0 Å². The smallest absolute Gasteiger partial charge is 0.320 e. The van der Waals surface area contributed by atoms with Crippen LogP contribution in [0, 0.1) is 22.2 Å². The highest BCUT2D eigenvalue weighted by atomic mass is 16.2. The summed E-state index contributed by atoms with van der Waals surface area (Å²) >= 11 is 0. The van der Waals surface area contributed by atoms with Crippen molar-refractivity contribution in [1.29, 1.82) is 0 Å². The minimum absolute atomic E-state index is 0.280. The summed E-state index contributed by atoms with van der Waals surface area (Å²) in [5.41, 5.74) is 1.33. The highest BCUT2D eigenvalue weighted by molar-refractivity contribution is 5.76. The Kier molecular flexibility index (Phi) is 3.53. The van der Waals surface area contributed by atoms with Gasteiger partial charge in [-0.3, -0.25) is 5.10 Å². The molecule has 1 spiro atoms. The van der Waals surface area contributed by atoms with Crippen LogP contribution in [0.15, 0.2) is 6.33 Å². The molecule has 0 unspecified atom stereocenters. The lowest BCUT2D eigenvalue weighted by molar-refractivity contribution is -0.255. The maximum Gasteiger partial charge on any atom is 0.320 e. The first-order valence-corrected chi connectivity index (χ1v) is 13.9. The summed E-state index contributed by atoms with van der Waals surface area (Å²) in [6.07, 6.45) is 14.3. The Bertz CT molecular complexity index is 1180. The number of hydrogen-bond acceptors (Lipinski definition) is 5. The van der Waals surface area contributed by atoms with E-state index in [0.29, 0.717) is 40.0 Å². The Labute approximate surface area is 205 Å². The number of aromatic nitrogens is 6. The van der Waals surface area contributed by atoms with Gasteiger partial charge in [-0.15, -0.1) is 0 Å². The van der Waals surface area contributed by atoms with Crippen LogP contribution in [0.25, 0.3) is 0 Å². The summed E-state index contributed by atoms with van der Waals surface area (Å²) in [7, 11) is 0. The van der Waals surface area contributed by atoms with Crippen LogP contribution in [-0.2, 0) is 6.42 Å². The molecule has 9 heteroatoms. The number of carbonyl (C=O) groups excluding carboxylic acids is 1. The number of likely N-dealkylation sites (tertiary alicyclic amines) is 2. The van der Waals surface area contributed by atoms with Gasteiger partial charge in [-0.2, -0.15) is 10.2 Å². The Hall–Kier alpha value is -2.45. The number of H-pyrrole nitrogens is 1. The van der Waals surface area contributed by atoms with Crippen LogP contribution in [0.5, 0.6) is 0 Å². The van der Waals surface area contributed by atoms with Gasteiger partial charge in [0.25, 0.3) is 0 Å². The van der Waals surface area contributed by atoms with E-state index in [1.165, 1.54) is 44.9 Å². The molecule has 10 rings (SSSR count). The number of hydrogen-bond donors (Lipinski definition) is 1. The lowest BCUT2D eigenvalue weighted by atomic mass is 9.30. The molecule has 1 N–H and O–H groups in total. The second kappa shape index (κ2) is 6.27. The molecule has 6 saturated carbocycles. The maximum absolute atomic E-state index is 13.0. The van der Waals surface area contributed by atoms with Crippen molar-refractivity contribution < 1.29 is 4.79 Å². The normalized spacial score (nSPS) is 35.2. The largest absolute Gasteiger partial charge is 0.324 e. The van der Waals surface area contributed by atoms with Gasteiger partial charge < -0.3 is 9.80 Å². The van der Waals surface area contributed by atoms with E-state index >= 15 is 0 Å². The summed E-state index contributed by atoms with van der Waals surface area (Å²) < 4.78 is 2.09. The summed E-state index contributed by atoms with van der Waals surface area (Å²) in [5, 5.41) is 12.4. The zero-order valence-corrected chi connectivity index (χ0v) is 20.3. The zero-order chi connectivity index (χ0) is 23.0. The molecule has 6 aliphatic carbocycles. The van der Waals surface area contributed by atoms with Crippen molar-refractivity contribution in [3.05, 3.63) is 23.8 Å². The number of rotatable bonds is 6. The van der Waals surface area contributed by atoms with Crippen LogP contribution in [0.4, 0.5) is 4.79 Å². The van der Waals surface area contributed by atoms with Gasteiger partial charge in [0.15, 0.2) is 11.6 Å². The molecule has 35 heavy (non-hydrogen) atoms. The molecule has 4 heterocycles. The summed E-state index contributed by atoms with van der Waals surface area (Å²) in [4.78, 5) is 26.5. The van der Waals surface area contributed by atoms with E-state index in [1.807, 2.05) is 6.33 Å². The summed E-state index contributed by atoms with van der Waals surface area (Å²) in [6.45, 7) is 3.81. The van der Waals surface area contributed by atoms with Gasteiger partial charge in [0, 0.05) is 49.9 Å². The van der Waals surface area contributed by atoms with Gasteiger partial charge in [0.1, 0.15) is 12.2 Å². The van der Waals surface area contributed by atoms with E-state index in [2.05, 4.69) is 29.7 Å². The monoisotopic (exact) mass is 474 g/mol. The first kappa shape index (κ1) is 19.7. The molecule has 9 nitrogen and oxygen atoms in total. The summed E-state index contributed by atoms with van der Waals surface area (Å²) in [5.74, 6) is 5.13. The standard InChI is InChI=1S/C26H34N8O/c35-23(33-13-24(14-33)5-19(6-24)34-15-27-21(31-34)16-1-2-16)32-8-18(9-32)26-10-25(11-26,12-26)7-20-28-22(30-29-20)17-3-4-17/h15-19H,1-14H2,(H,28,29,30). The second-order valence-electron chi connectivity index (χ2n) is 13.6. The number of nitrogens with one attached hydrogen (secondary N) is 1. The molecule has 2 aromatic heterocycles. The average molecular weight is 475 g/mol. The van der Waals surface area contributed by atoms with Crippen LogP contribution >= 0.6 is 0 Å². The van der Waals surface area contributed by atoms with Crippen LogP contribution in [0.3, 0.4) is 0 Å². The van der Waals surface area contributed by atoms with Gasteiger partial charge in [0.2, 0.25) is 0 Å². The van der Waals surface area contributed by atoms with Crippen LogP contribution < -0.4 is 0 Å². The lowest BCUT2D eigenvalue weighted by Gasteiger charge is -2.76. The molecule has 0 atom stereocenters. The van der Waals surface area contributed by atoms with Crippen molar-refractivity contribution in [2.45, 2.75) is 82.1 Å². The van der Waals surface area contributed by atoms with Gasteiger partial charge >= 0.3 is 6.03 Å². The average Bonchev–Trinajstić information content (AvgIpc) is 3.63. The Morgan fingerprint density at radius 1 is 1.00 bits per heavy atom. The fourth-order valence-corrected chi connectivity index (χ4v) is 8.47. The predicted octanol–water partition coefficient (Wildman–Crippen LogP) is 3.25. The minimum Gasteiger partial charge on any atom is -0.324 e. The highest BCUT2D eigenvalue weighted by Gasteiger charge is 2.71. The van der Waals surface area contributed by atoms with Gasteiger partial charge in [0.05, 0.1) is 6.04 Å². The molecule has 8 aliphatic rings. The van der Waals surface area contributed by atoms with E-state index in [9.17, 15) is 4.79 Å². The fourth-order valence-electron chi connectivity index (χ4n) is 8.47. The molecule has 2 bridgehead atoms. The van der Waals surface area contributed by atoms with Gasteiger partial charge in [-0.25, -0.2) is 19.4 Å². The quantitative estimate of drug-likeness (QED) is 0.693. The number of amides is 2. The molecule has 2 saturated heterocycles. The van der Waals surface area contributed by atoms with Crippen molar-refractivity contribution in [3.8, 4) is 0 Å². The highest BCUT2D eigenvalue weighted by Crippen LogP contribution is 2.78. The van der Waals surface area contributed by atoms with E-state index in [-0.39, 0.29) is 6.03 Å². The Morgan fingerprint density at radius 3 is 2.43 bits per heavy atom. The molecule has 184 valence electrons. The number of nitrogens with zero attached hydrogens (tertiary/aromatic N) is 7. The SMILES string of the molecule is O=C(N1CC(C23CC(Cc4nc(C5CC5)n[nH]4)(C2)C3)C1)N1CC2(CC(n3cnc(C4CC4)n3)C2)C1. The summed E-state index contributed by atoms with van der Waals surface area (Å²) in [6, 6.07) is 0.761. The Morgan fingerprint density at radius 2 is 1.71 bits per heavy atom. The molecule has 0 aromatic carbocycles. The first-order valence-electron chi connectivity index (χ1n) is 13.9. The molecule has 8 fully saturated rings. The number of carbonyl (C=O) groups is 1. The van der Waals surface area contributed by atoms with Crippen molar-refractivity contribution in [3.63, 3.8) is 0 Å². The van der Waals surface area contributed by atoms with E-state index in [4.69, 9.17) is 10.1 Å². The minimum atomic E-state index is 0.280. The molecule has 2 aromatic rings. The first-order chi connectivity index (χ1) is 17.0. The topological polar surface area (TPSA) is 95.8 Å². The number of aromatic amines is 1. The third-order valence-corrected chi connectivity index (χ3v) is 10.7. The fraction of sp³-hybridized carbons (Fsp3) is 0.808. The van der Waals surface area contributed by atoms with E-state index in [1.54, 1.807) is 0 Å². The molecule has 2 amide bonds. The van der Waals surface area contributed by atoms with Crippen LogP contribution in [0.1, 0.15) is 93.1 Å². The van der Waals surface area contributed by atoms with E-state index in [0.717, 1.165) is 62.9 Å². The third-order valence-electron chi connectivity index (χ3n) is 10.7. The molecular weight excluding hydrogens is 440 g/mol. The second-order valence-corrected chi connectivity index (χ2v) is 13.6.